The molecule has 2 unspecified atom stereocenters. The maximum atomic E-state index is 9.91. The number of aliphatic hydroxyl groups is 1. The zero-order valence-corrected chi connectivity index (χ0v) is 11.4. The summed E-state index contributed by atoms with van der Waals surface area (Å²) in [6, 6.07) is 9.17. The molecule has 18 heavy (non-hydrogen) atoms. The topological polar surface area (TPSA) is 49.5 Å². The van der Waals surface area contributed by atoms with Crippen LogP contribution in [-0.2, 0) is 6.42 Å². The van der Waals surface area contributed by atoms with Gasteiger partial charge in [-0.3, -0.25) is 0 Å². The van der Waals surface area contributed by atoms with E-state index >= 15 is 0 Å². The summed E-state index contributed by atoms with van der Waals surface area (Å²) in [5, 5.41) is 9.91. The van der Waals surface area contributed by atoms with Crippen LogP contribution in [0.5, 0.6) is 0 Å². The van der Waals surface area contributed by atoms with Gasteiger partial charge in [0.15, 0.2) is 0 Å². The van der Waals surface area contributed by atoms with Gasteiger partial charge in [0, 0.05) is 24.8 Å². The molecule has 3 N–H and O–H groups in total. The van der Waals surface area contributed by atoms with Crippen molar-refractivity contribution in [3.05, 3.63) is 29.8 Å². The largest absolute Gasteiger partial charge is 0.389 e. The molecular formula is C15H24N2O. The molecule has 2 atom stereocenters. The number of rotatable bonds is 5. The molecule has 3 heteroatoms. The highest BCUT2D eigenvalue weighted by Gasteiger charge is 2.26. The first-order chi connectivity index (χ1) is 8.53. The highest BCUT2D eigenvalue weighted by molar-refractivity contribution is 5.59. The molecule has 3 nitrogen and oxygen atoms in total. The van der Waals surface area contributed by atoms with Crippen LogP contribution >= 0.6 is 0 Å². The van der Waals surface area contributed by atoms with E-state index in [0.29, 0.717) is 12.6 Å². The van der Waals surface area contributed by atoms with Crippen molar-refractivity contribution >= 4 is 5.69 Å². The van der Waals surface area contributed by atoms with Crippen LogP contribution in [0.4, 0.5) is 5.69 Å². The second-order valence-corrected chi connectivity index (χ2v) is 5.68. The molecule has 0 radical (unpaired) electrons. The molecule has 0 bridgehead atoms. The number of para-hydroxylation sites is 1. The van der Waals surface area contributed by atoms with Gasteiger partial charge in [0.2, 0.25) is 0 Å². The molecule has 1 aliphatic heterocycles. The second-order valence-electron chi connectivity index (χ2n) is 5.68. The summed E-state index contributed by atoms with van der Waals surface area (Å²) < 4.78 is 0. The van der Waals surface area contributed by atoms with Crippen molar-refractivity contribution in [2.24, 2.45) is 5.73 Å². The van der Waals surface area contributed by atoms with Crippen LogP contribution in [-0.4, -0.2) is 29.8 Å². The van der Waals surface area contributed by atoms with Crippen LogP contribution in [0.25, 0.3) is 0 Å². The zero-order valence-electron chi connectivity index (χ0n) is 11.4. The van der Waals surface area contributed by atoms with E-state index in [1.165, 1.54) is 11.3 Å². The summed E-state index contributed by atoms with van der Waals surface area (Å²) in [5.41, 5.74) is 7.62. The quantitative estimate of drug-likeness (QED) is 0.837. The lowest BCUT2D eigenvalue weighted by molar-refractivity contribution is 0.0583. The van der Waals surface area contributed by atoms with Gasteiger partial charge in [-0.25, -0.2) is 0 Å². The fourth-order valence-electron chi connectivity index (χ4n) is 2.70. The van der Waals surface area contributed by atoms with Gasteiger partial charge in [-0.2, -0.15) is 0 Å². The van der Waals surface area contributed by atoms with Gasteiger partial charge < -0.3 is 15.7 Å². The maximum Gasteiger partial charge on any atom is 0.0742 e. The number of hydrogen-bond acceptors (Lipinski definition) is 3. The Kier molecular flexibility index (Phi) is 3.93. The molecule has 0 saturated carbocycles. The summed E-state index contributed by atoms with van der Waals surface area (Å²) in [5.74, 6) is 0. The second kappa shape index (κ2) is 5.29. The third-order valence-electron chi connectivity index (χ3n) is 3.90. The van der Waals surface area contributed by atoms with E-state index in [0.717, 1.165) is 25.8 Å². The van der Waals surface area contributed by atoms with E-state index < -0.39 is 5.60 Å². The lowest BCUT2D eigenvalue weighted by atomic mass is 10.0. The fraction of sp³-hybridized carbons (Fsp3) is 0.600. The Labute approximate surface area is 110 Å². The third kappa shape index (κ3) is 2.85. The van der Waals surface area contributed by atoms with Gasteiger partial charge in [0.25, 0.3) is 0 Å². The smallest absolute Gasteiger partial charge is 0.0742 e. The van der Waals surface area contributed by atoms with Gasteiger partial charge in [-0.15, -0.1) is 0 Å². The Hall–Kier alpha value is -1.06. The van der Waals surface area contributed by atoms with E-state index in [1.54, 1.807) is 0 Å². The average molecular weight is 248 g/mol. The van der Waals surface area contributed by atoms with Crippen LogP contribution in [0, 0.1) is 0 Å². The number of fused-ring (bicyclic) bond motifs is 1. The minimum absolute atomic E-state index is 0.332. The number of nitrogens with zero attached hydrogens (tertiary/aromatic N) is 1. The molecule has 1 aromatic rings. The summed E-state index contributed by atoms with van der Waals surface area (Å²) in [7, 11) is 0. The SMILES string of the molecule is CC1Cc2ccccc2N1CCCC(C)(O)CN. The monoisotopic (exact) mass is 248 g/mol. The molecule has 100 valence electrons. The predicted octanol–water partition coefficient (Wildman–Crippen LogP) is 1.93. The van der Waals surface area contributed by atoms with Crippen LogP contribution in [0.2, 0.25) is 0 Å². The fourth-order valence-corrected chi connectivity index (χ4v) is 2.70. The Bertz CT molecular complexity index is 403. The standard InChI is InChI=1S/C15H24N2O/c1-12-10-13-6-3-4-7-14(13)17(12)9-5-8-15(2,18)11-16/h3-4,6-7,12,18H,5,8-11,16H2,1-2H3. The molecule has 1 heterocycles. The average Bonchev–Trinajstić information content (AvgIpc) is 2.66. The van der Waals surface area contributed by atoms with Crippen molar-refractivity contribution in [3.63, 3.8) is 0 Å². The van der Waals surface area contributed by atoms with E-state index in [9.17, 15) is 5.11 Å². The molecule has 2 rings (SSSR count). The van der Waals surface area contributed by atoms with Crippen molar-refractivity contribution in [1.29, 1.82) is 0 Å². The Balaban J connectivity index is 1.94. The molecule has 1 aromatic carbocycles. The summed E-state index contributed by atoms with van der Waals surface area (Å²) in [6.45, 7) is 5.41. The van der Waals surface area contributed by atoms with Gasteiger partial charge in [0.1, 0.15) is 0 Å². The van der Waals surface area contributed by atoms with Crippen LogP contribution in [0.15, 0.2) is 24.3 Å². The van der Waals surface area contributed by atoms with E-state index in [-0.39, 0.29) is 0 Å². The minimum Gasteiger partial charge on any atom is -0.389 e. The van der Waals surface area contributed by atoms with Crippen LogP contribution < -0.4 is 10.6 Å². The number of hydrogen-bond donors (Lipinski definition) is 2. The molecule has 0 aliphatic carbocycles. The van der Waals surface area contributed by atoms with Gasteiger partial charge in [-0.05, 0) is 44.7 Å². The third-order valence-corrected chi connectivity index (χ3v) is 3.90. The molecule has 0 saturated heterocycles. The lowest BCUT2D eigenvalue weighted by Crippen LogP contribution is -2.36. The summed E-state index contributed by atoms with van der Waals surface area (Å²) in [4.78, 5) is 2.45. The lowest BCUT2D eigenvalue weighted by Gasteiger charge is -2.27. The predicted molar refractivity (Wildman–Crippen MR) is 75.9 cm³/mol. The Morgan fingerprint density at radius 3 is 2.89 bits per heavy atom. The van der Waals surface area contributed by atoms with E-state index in [2.05, 4.69) is 36.1 Å². The van der Waals surface area contributed by atoms with Crippen molar-refractivity contribution < 1.29 is 5.11 Å². The van der Waals surface area contributed by atoms with Crippen molar-refractivity contribution in [1.82, 2.24) is 0 Å². The number of benzene rings is 1. The van der Waals surface area contributed by atoms with Crippen molar-refractivity contribution in [2.45, 2.75) is 44.8 Å². The normalized spacial score (nSPS) is 21.8. The summed E-state index contributed by atoms with van der Waals surface area (Å²) >= 11 is 0. The summed E-state index contributed by atoms with van der Waals surface area (Å²) in [6.07, 6.45) is 2.86. The maximum absolute atomic E-state index is 9.91. The first kappa shape index (κ1) is 13.4. The highest BCUT2D eigenvalue weighted by Crippen LogP contribution is 2.32. The van der Waals surface area contributed by atoms with E-state index in [4.69, 9.17) is 5.73 Å². The van der Waals surface area contributed by atoms with Crippen molar-refractivity contribution in [3.8, 4) is 0 Å². The van der Waals surface area contributed by atoms with E-state index in [1.807, 2.05) is 6.92 Å². The molecule has 0 amide bonds. The molecule has 0 spiro atoms. The van der Waals surface area contributed by atoms with Gasteiger partial charge in [0.05, 0.1) is 5.60 Å². The molecule has 0 fully saturated rings. The van der Waals surface area contributed by atoms with Crippen molar-refractivity contribution in [2.75, 3.05) is 18.0 Å². The first-order valence-electron chi connectivity index (χ1n) is 6.80. The molecule has 1 aliphatic rings. The molecule has 0 aromatic heterocycles. The first-order valence-corrected chi connectivity index (χ1v) is 6.80. The minimum atomic E-state index is -0.720. The number of anilines is 1. The zero-order chi connectivity index (χ0) is 13.2. The highest BCUT2D eigenvalue weighted by atomic mass is 16.3. The Morgan fingerprint density at radius 1 is 1.44 bits per heavy atom. The van der Waals surface area contributed by atoms with Gasteiger partial charge >= 0.3 is 0 Å². The molecular weight excluding hydrogens is 224 g/mol. The van der Waals surface area contributed by atoms with Gasteiger partial charge in [-0.1, -0.05) is 18.2 Å². The number of nitrogens with two attached hydrogens (primary N) is 1. The van der Waals surface area contributed by atoms with Crippen LogP contribution in [0.3, 0.4) is 0 Å². The van der Waals surface area contributed by atoms with Crippen LogP contribution in [0.1, 0.15) is 32.3 Å². The Morgan fingerprint density at radius 2 is 2.17 bits per heavy atom.